The van der Waals surface area contributed by atoms with E-state index in [9.17, 15) is 4.79 Å². The van der Waals surface area contributed by atoms with E-state index in [0.717, 1.165) is 0 Å². The number of benzene rings is 1. The van der Waals surface area contributed by atoms with E-state index in [1.807, 2.05) is 6.07 Å². The second-order valence-corrected chi connectivity index (χ2v) is 4.84. The molecule has 0 atom stereocenters. The number of rotatable bonds is 4. The molecule has 20 heavy (non-hydrogen) atoms. The van der Waals surface area contributed by atoms with Crippen molar-refractivity contribution in [2.24, 2.45) is 7.05 Å². The van der Waals surface area contributed by atoms with Gasteiger partial charge in [-0.2, -0.15) is 5.26 Å². The molecule has 8 heteroatoms. The van der Waals surface area contributed by atoms with Crippen molar-refractivity contribution in [3.8, 4) is 6.07 Å². The summed E-state index contributed by atoms with van der Waals surface area (Å²) in [6.07, 6.45) is 0. The summed E-state index contributed by atoms with van der Waals surface area (Å²) in [5, 5.41) is 19.7. The second-order valence-electron chi connectivity index (χ2n) is 3.89. The summed E-state index contributed by atoms with van der Waals surface area (Å²) >= 11 is 1.22. The molecule has 0 saturated carbocycles. The van der Waals surface area contributed by atoms with Crippen molar-refractivity contribution in [2.75, 3.05) is 16.8 Å². The van der Waals surface area contributed by atoms with Crippen molar-refractivity contribution >= 4 is 29.3 Å². The van der Waals surface area contributed by atoms with Crippen LogP contribution >= 0.6 is 11.8 Å². The number of nitrogens with zero attached hydrogens (tertiary/aromatic N) is 4. The zero-order valence-corrected chi connectivity index (χ0v) is 11.5. The van der Waals surface area contributed by atoms with Crippen LogP contribution in [-0.4, -0.2) is 26.4 Å². The lowest BCUT2D eigenvalue weighted by molar-refractivity contribution is -0.113. The Bertz CT molecular complexity index is 675. The number of amides is 1. The molecule has 0 unspecified atom stereocenters. The van der Waals surface area contributed by atoms with Crippen LogP contribution in [0.5, 0.6) is 0 Å². The summed E-state index contributed by atoms with van der Waals surface area (Å²) in [4.78, 5) is 11.8. The Morgan fingerprint density at radius 1 is 1.50 bits per heavy atom. The van der Waals surface area contributed by atoms with Crippen LogP contribution in [0.4, 0.5) is 11.6 Å². The zero-order valence-electron chi connectivity index (χ0n) is 10.7. The van der Waals surface area contributed by atoms with Crippen molar-refractivity contribution in [2.45, 2.75) is 5.16 Å². The van der Waals surface area contributed by atoms with Gasteiger partial charge in [-0.15, -0.1) is 10.2 Å². The Hall–Kier alpha value is -2.53. The first kappa shape index (κ1) is 13.9. The van der Waals surface area contributed by atoms with Crippen molar-refractivity contribution in [1.82, 2.24) is 14.8 Å². The number of thioether (sulfide) groups is 1. The molecule has 0 bridgehead atoms. The third-order valence-electron chi connectivity index (χ3n) is 2.52. The molecule has 102 valence electrons. The molecule has 0 fully saturated rings. The van der Waals surface area contributed by atoms with Gasteiger partial charge in [0.1, 0.15) is 6.07 Å². The van der Waals surface area contributed by atoms with Gasteiger partial charge >= 0.3 is 0 Å². The highest BCUT2D eigenvalue weighted by atomic mass is 32.2. The maximum atomic E-state index is 11.8. The molecule has 0 aliphatic carbocycles. The van der Waals surface area contributed by atoms with E-state index in [2.05, 4.69) is 15.5 Å². The monoisotopic (exact) mass is 288 g/mol. The number of carbonyl (C=O) groups is 1. The molecule has 0 aliphatic heterocycles. The predicted octanol–water partition coefficient (Wildman–Crippen LogP) is 1.000. The Morgan fingerprint density at radius 3 is 2.90 bits per heavy atom. The van der Waals surface area contributed by atoms with Crippen LogP contribution < -0.4 is 11.1 Å². The average Bonchev–Trinajstić information content (AvgIpc) is 2.77. The average molecular weight is 288 g/mol. The molecular weight excluding hydrogens is 276 g/mol. The van der Waals surface area contributed by atoms with Gasteiger partial charge in [0.15, 0.2) is 5.16 Å². The minimum atomic E-state index is -0.223. The molecule has 3 N–H and O–H groups in total. The summed E-state index contributed by atoms with van der Waals surface area (Å²) in [6, 6.07) is 8.85. The number of nitrogens with one attached hydrogen (secondary N) is 1. The largest absolute Gasteiger partial charge is 0.368 e. The Kier molecular flexibility index (Phi) is 4.22. The Morgan fingerprint density at radius 2 is 2.25 bits per heavy atom. The molecule has 0 radical (unpaired) electrons. The number of carbonyl (C=O) groups excluding carboxylic acids is 1. The van der Waals surface area contributed by atoms with Crippen molar-refractivity contribution in [1.29, 1.82) is 5.26 Å². The lowest BCUT2D eigenvalue weighted by atomic mass is 10.2. The highest BCUT2D eigenvalue weighted by molar-refractivity contribution is 7.99. The van der Waals surface area contributed by atoms with Gasteiger partial charge in [-0.3, -0.25) is 9.36 Å². The maximum Gasteiger partial charge on any atom is 0.234 e. The number of nitrogens with two attached hydrogens (primary N) is 1. The SMILES string of the molecule is Cn1c(N)nnc1SCC(=O)Nc1ccccc1C#N. The van der Waals surface area contributed by atoms with E-state index in [4.69, 9.17) is 11.0 Å². The van der Waals surface area contributed by atoms with E-state index in [1.54, 1.807) is 35.9 Å². The number of hydrogen-bond donors (Lipinski definition) is 2. The number of para-hydroxylation sites is 1. The molecule has 1 amide bonds. The van der Waals surface area contributed by atoms with Gasteiger partial charge in [-0.05, 0) is 12.1 Å². The molecule has 2 rings (SSSR count). The van der Waals surface area contributed by atoms with Crippen LogP contribution in [0, 0.1) is 11.3 Å². The van der Waals surface area contributed by atoms with Crippen LogP contribution in [0.3, 0.4) is 0 Å². The van der Waals surface area contributed by atoms with Gasteiger partial charge in [-0.1, -0.05) is 23.9 Å². The predicted molar refractivity (Wildman–Crippen MR) is 75.9 cm³/mol. The molecular formula is C12H12N6OS. The zero-order chi connectivity index (χ0) is 14.5. The lowest BCUT2D eigenvalue weighted by Gasteiger charge is -2.06. The van der Waals surface area contributed by atoms with E-state index < -0.39 is 0 Å². The second kappa shape index (κ2) is 6.08. The molecule has 2 aromatic rings. The van der Waals surface area contributed by atoms with Gasteiger partial charge in [0.25, 0.3) is 0 Å². The summed E-state index contributed by atoms with van der Waals surface area (Å²) in [5.41, 5.74) is 6.47. The first-order valence-corrected chi connectivity index (χ1v) is 6.67. The van der Waals surface area contributed by atoms with E-state index in [-0.39, 0.29) is 11.7 Å². The number of nitrogen functional groups attached to an aromatic ring is 1. The highest BCUT2D eigenvalue weighted by Crippen LogP contribution is 2.18. The third kappa shape index (κ3) is 3.07. The molecule has 1 aromatic heterocycles. The Balaban J connectivity index is 1.96. The van der Waals surface area contributed by atoms with Crippen LogP contribution in [0.15, 0.2) is 29.4 Å². The quantitative estimate of drug-likeness (QED) is 0.812. The van der Waals surface area contributed by atoms with E-state index in [0.29, 0.717) is 22.4 Å². The van der Waals surface area contributed by atoms with E-state index >= 15 is 0 Å². The van der Waals surface area contributed by atoms with Gasteiger partial charge in [0.05, 0.1) is 17.0 Å². The Labute approximate surface area is 119 Å². The fourth-order valence-corrected chi connectivity index (χ4v) is 2.18. The normalized spacial score (nSPS) is 10.0. The van der Waals surface area contributed by atoms with Crippen molar-refractivity contribution in [3.05, 3.63) is 29.8 Å². The van der Waals surface area contributed by atoms with Crippen molar-refractivity contribution in [3.63, 3.8) is 0 Å². The standard InChI is InChI=1S/C12H12N6OS/c1-18-11(14)16-17-12(18)20-7-10(19)15-9-5-3-2-4-8(9)6-13/h2-5H,7H2,1H3,(H2,14,16)(H,15,19). The molecule has 0 aliphatic rings. The van der Waals surface area contributed by atoms with Gasteiger partial charge in [0, 0.05) is 7.05 Å². The summed E-state index contributed by atoms with van der Waals surface area (Å²) in [6.45, 7) is 0. The number of anilines is 2. The molecule has 7 nitrogen and oxygen atoms in total. The molecule has 0 saturated heterocycles. The number of nitriles is 1. The summed E-state index contributed by atoms with van der Waals surface area (Å²) < 4.78 is 1.60. The van der Waals surface area contributed by atoms with Crippen LogP contribution in [0.25, 0.3) is 0 Å². The number of aromatic nitrogens is 3. The first-order valence-electron chi connectivity index (χ1n) is 5.68. The van der Waals surface area contributed by atoms with Crippen molar-refractivity contribution < 1.29 is 4.79 Å². The summed E-state index contributed by atoms with van der Waals surface area (Å²) in [5.74, 6) is 0.230. The third-order valence-corrected chi connectivity index (χ3v) is 3.54. The molecule has 1 heterocycles. The number of hydrogen-bond acceptors (Lipinski definition) is 6. The smallest absolute Gasteiger partial charge is 0.234 e. The van der Waals surface area contributed by atoms with Crippen LogP contribution in [0.1, 0.15) is 5.56 Å². The van der Waals surface area contributed by atoms with Crippen LogP contribution in [-0.2, 0) is 11.8 Å². The fraction of sp³-hybridized carbons (Fsp3) is 0.167. The first-order chi connectivity index (χ1) is 9.61. The van der Waals surface area contributed by atoms with Gasteiger partial charge in [-0.25, -0.2) is 0 Å². The topological polar surface area (TPSA) is 110 Å². The fourth-order valence-electron chi connectivity index (χ4n) is 1.46. The highest BCUT2D eigenvalue weighted by Gasteiger charge is 2.10. The van der Waals surface area contributed by atoms with Crippen LogP contribution in [0.2, 0.25) is 0 Å². The minimum absolute atomic E-state index is 0.158. The van der Waals surface area contributed by atoms with E-state index in [1.165, 1.54) is 11.8 Å². The summed E-state index contributed by atoms with van der Waals surface area (Å²) in [7, 11) is 1.72. The lowest BCUT2D eigenvalue weighted by Crippen LogP contribution is -2.15. The minimum Gasteiger partial charge on any atom is -0.368 e. The molecule has 0 spiro atoms. The van der Waals surface area contributed by atoms with Gasteiger partial charge in [0.2, 0.25) is 11.9 Å². The van der Waals surface area contributed by atoms with Gasteiger partial charge < -0.3 is 11.1 Å². The molecule has 1 aromatic carbocycles. The maximum absolute atomic E-state index is 11.8.